The number of nitriles is 3. The number of nitrogens with zero attached hydrogens (tertiary/aromatic N) is 3. The number of anilines is 2. The van der Waals surface area contributed by atoms with Gasteiger partial charge in [-0.1, -0.05) is 24.3 Å². The van der Waals surface area contributed by atoms with Gasteiger partial charge in [0, 0.05) is 11.4 Å². The van der Waals surface area contributed by atoms with E-state index in [1.54, 1.807) is 30.3 Å². The maximum Gasteiger partial charge on any atom is 0.0992 e. The summed E-state index contributed by atoms with van der Waals surface area (Å²) in [6.45, 7) is 0. The quantitative estimate of drug-likeness (QED) is 0.757. The molecule has 0 unspecified atom stereocenters. The molecule has 3 aromatic carbocycles. The first-order valence-corrected chi connectivity index (χ1v) is 7.55. The molecule has 1 N–H and O–H groups in total. The molecule has 0 aliphatic rings. The standard InChI is InChI=1S/C21H12N4/c22-12-15-1-3-18(4-2-15)19-5-7-20(8-6-19)25-21-10-16(13-23)9-17(11-21)14-24/h1-11,25H. The largest absolute Gasteiger partial charge is 0.355 e. The molecule has 116 valence electrons. The first-order chi connectivity index (χ1) is 12.2. The number of hydrogen-bond acceptors (Lipinski definition) is 4. The minimum Gasteiger partial charge on any atom is -0.355 e. The highest BCUT2D eigenvalue weighted by molar-refractivity contribution is 5.69. The lowest BCUT2D eigenvalue weighted by Crippen LogP contribution is -1.92. The Morgan fingerprint density at radius 3 is 1.48 bits per heavy atom. The van der Waals surface area contributed by atoms with Crippen LogP contribution in [0.25, 0.3) is 11.1 Å². The summed E-state index contributed by atoms with van der Waals surface area (Å²) in [5.41, 5.74) is 5.14. The molecule has 0 heterocycles. The van der Waals surface area contributed by atoms with Gasteiger partial charge in [-0.05, 0) is 53.6 Å². The highest BCUT2D eigenvalue weighted by Gasteiger charge is 2.03. The van der Waals surface area contributed by atoms with Gasteiger partial charge in [0.1, 0.15) is 0 Å². The maximum atomic E-state index is 9.04. The Bertz CT molecular complexity index is 995. The number of rotatable bonds is 3. The molecule has 0 aliphatic heterocycles. The smallest absolute Gasteiger partial charge is 0.0992 e. The molecule has 3 rings (SSSR count). The van der Waals surface area contributed by atoms with Crippen LogP contribution in [0.4, 0.5) is 11.4 Å². The summed E-state index contributed by atoms with van der Waals surface area (Å²) < 4.78 is 0. The van der Waals surface area contributed by atoms with E-state index in [-0.39, 0.29) is 0 Å². The predicted molar refractivity (Wildman–Crippen MR) is 95.7 cm³/mol. The predicted octanol–water partition coefficient (Wildman–Crippen LogP) is 4.71. The number of benzene rings is 3. The second-order valence-electron chi connectivity index (χ2n) is 5.41. The molecule has 0 amide bonds. The molecular weight excluding hydrogens is 308 g/mol. The zero-order valence-electron chi connectivity index (χ0n) is 13.2. The van der Waals surface area contributed by atoms with E-state index in [1.807, 2.05) is 36.4 Å². The van der Waals surface area contributed by atoms with Crippen molar-refractivity contribution in [1.82, 2.24) is 0 Å². The Morgan fingerprint density at radius 2 is 1.00 bits per heavy atom. The van der Waals surface area contributed by atoms with E-state index in [2.05, 4.69) is 23.5 Å². The molecule has 0 saturated carbocycles. The van der Waals surface area contributed by atoms with Gasteiger partial charge >= 0.3 is 0 Å². The average Bonchev–Trinajstić information content (AvgIpc) is 2.68. The van der Waals surface area contributed by atoms with Crippen molar-refractivity contribution < 1.29 is 0 Å². The van der Waals surface area contributed by atoms with Crippen LogP contribution in [0.2, 0.25) is 0 Å². The van der Waals surface area contributed by atoms with Crippen LogP contribution in [-0.4, -0.2) is 0 Å². The zero-order chi connectivity index (χ0) is 17.6. The highest BCUT2D eigenvalue weighted by atomic mass is 14.9. The van der Waals surface area contributed by atoms with Gasteiger partial charge in [0.2, 0.25) is 0 Å². The van der Waals surface area contributed by atoms with Crippen LogP contribution in [0.5, 0.6) is 0 Å². The first kappa shape index (κ1) is 15.8. The highest BCUT2D eigenvalue weighted by Crippen LogP contribution is 2.24. The van der Waals surface area contributed by atoms with E-state index >= 15 is 0 Å². The summed E-state index contributed by atoms with van der Waals surface area (Å²) in [7, 11) is 0. The van der Waals surface area contributed by atoms with Gasteiger partial charge in [-0.25, -0.2) is 0 Å². The lowest BCUT2D eigenvalue weighted by Gasteiger charge is -2.09. The third-order valence-corrected chi connectivity index (χ3v) is 3.71. The Kier molecular flexibility index (Phi) is 4.43. The van der Waals surface area contributed by atoms with E-state index in [4.69, 9.17) is 15.8 Å². The summed E-state index contributed by atoms with van der Waals surface area (Å²) in [5.74, 6) is 0. The molecule has 4 heteroatoms. The molecule has 3 aromatic rings. The van der Waals surface area contributed by atoms with E-state index in [0.29, 0.717) is 22.4 Å². The lowest BCUT2D eigenvalue weighted by molar-refractivity contribution is 1.43. The third-order valence-electron chi connectivity index (χ3n) is 3.71. The summed E-state index contributed by atoms with van der Waals surface area (Å²) >= 11 is 0. The molecule has 0 aliphatic carbocycles. The van der Waals surface area contributed by atoms with Crippen LogP contribution in [0.1, 0.15) is 16.7 Å². The second-order valence-corrected chi connectivity index (χ2v) is 5.41. The Morgan fingerprint density at radius 1 is 0.520 bits per heavy atom. The van der Waals surface area contributed by atoms with Crippen molar-refractivity contribution in [3.8, 4) is 29.3 Å². The Hall–Kier alpha value is -4.07. The molecule has 0 bridgehead atoms. The van der Waals surface area contributed by atoms with Gasteiger partial charge in [-0.3, -0.25) is 0 Å². The first-order valence-electron chi connectivity index (χ1n) is 7.55. The van der Waals surface area contributed by atoms with Gasteiger partial charge < -0.3 is 5.32 Å². The van der Waals surface area contributed by atoms with Gasteiger partial charge in [-0.2, -0.15) is 15.8 Å². The topological polar surface area (TPSA) is 83.4 Å². The van der Waals surface area contributed by atoms with Crippen LogP contribution in [0.15, 0.2) is 66.7 Å². The molecule has 0 saturated heterocycles. The van der Waals surface area contributed by atoms with Gasteiger partial charge in [0.15, 0.2) is 0 Å². The molecule has 0 fully saturated rings. The normalized spacial score (nSPS) is 9.48. The summed E-state index contributed by atoms with van der Waals surface area (Å²) in [6.07, 6.45) is 0. The number of nitrogens with one attached hydrogen (secondary N) is 1. The zero-order valence-corrected chi connectivity index (χ0v) is 13.2. The van der Waals surface area contributed by atoms with Crippen LogP contribution >= 0.6 is 0 Å². The van der Waals surface area contributed by atoms with Crippen molar-refractivity contribution in [2.24, 2.45) is 0 Å². The second kappa shape index (κ2) is 7.01. The van der Waals surface area contributed by atoms with Crippen molar-refractivity contribution in [2.45, 2.75) is 0 Å². The summed E-state index contributed by atoms with van der Waals surface area (Å²) in [4.78, 5) is 0. The number of hydrogen-bond donors (Lipinski definition) is 1. The molecule has 25 heavy (non-hydrogen) atoms. The molecule has 0 radical (unpaired) electrons. The van der Waals surface area contributed by atoms with Crippen molar-refractivity contribution in [2.75, 3.05) is 5.32 Å². The monoisotopic (exact) mass is 320 g/mol. The van der Waals surface area contributed by atoms with Gasteiger partial charge in [0.05, 0.1) is 34.9 Å². The van der Waals surface area contributed by atoms with E-state index in [0.717, 1.165) is 16.8 Å². The van der Waals surface area contributed by atoms with E-state index < -0.39 is 0 Å². The Labute approximate surface area is 145 Å². The average molecular weight is 320 g/mol. The molecule has 0 atom stereocenters. The van der Waals surface area contributed by atoms with Gasteiger partial charge in [-0.15, -0.1) is 0 Å². The van der Waals surface area contributed by atoms with Crippen LogP contribution in [-0.2, 0) is 0 Å². The van der Waals surface area contributed by atoms with Crippen LogP contribution < -0.4 is 5.32 Å². The Balaban J connectivity index is 1.82. The van der Waals surface area contributed by atoms with E-state index in [1.165, 1.54) is 0 Å². The van der Waals surface area contributed by atoms with Crippen LogP contribution in [0, 0.1) is 34.0 Å². The van der Waals surface area contributed by atoms with Crippen molar-refractivity contribution >= 4 is 11.4 Å². The molecule has 0 spiro atoms. The van der Waals surface area contributed by atoms with Crippen molar-refractivity contribution in [3.63, 3.8) is 0 Å². The fourth-order valence-electron chi connectivity index (χ4n) is 2.48. The van der Waals surface area contributed by atoms with Crippen molar-refractivity contribution in [3.05, 3.63) is 83.4 Å². The van der Waals surface area contributed by atoms with Gasteiger partial charge in [0.25, 0.3) is 0 Å². The molecular formula is C21H12N4. The fraction of sp³-hybridized carbons (Fsp3) is 0. The summed E-state index contributed by atoms with van der Waals surface area (Å²) in [5, 5.41) is 30.1. The minimum absolute atomic E-state index is 0.441. The lowest BCUT2D eigenvalue weighted by atomic mass is 10.0. The maximum absolute atomic E-state index is 9.04. The van der Waals surface area contributed by atoms with Crippen molar-refractivity contribution in [1.29, 1.82) is 15.8 Å². The SMILES string of the molecule is N#Cc1ccc(-c2ccc(Nc3cc(C#N)cc(C#N)c3)cc2)cc1. The summed E-state index contributed by atoms with van der Waals surface area (Å²) in [6, 6.07) is 26.4. The fourth-order valence-corrected chi connectivity index (χ4v) is 2.48. The molecule has 0 aromatic heterocycles. The van der Waals surface area contributed by atoms with Crippen LogP contribution in [0.3, 0.4) is 0 Å². The molecule has 4 nitrogen and oxygen atoms in total. The third kappa shape index (κ3) is 3.64. The minimum atomic E-state index is 0.441. The van der Waals surface area contributed by atoms with E-state index in [9.17, 15) is 0 Å².